The molecule has 1 atom stereocenters. The van der Waals surface area contributed by atoms with Crippen molar-refractivity contribution in [1.29, 1.82) is 5.26 Å². The second-order valence-corrected chi connectivity index (χ2v) is 2.76. The van der Waals surface area contributed by atoms with Crippen molar-refractivity contribution in [3.8, 4) is 6.07 Å². The molecule has 0 saturated carbocycles. The first-order chi connectivity index (χ1) is 6.68. The molecule has 0 aromatic heterocycles. The minimum atomic E-state index is -1.56. The Balaban J connectivity index is 3.31. The number of nitrogens with zero attached hydrogens (tertiary/aromatic N) is 1. The smallest absolute Gasteiger partial charge is 0.232 e. The Bertz CT molecular complexity index is 384. The molecule has 0 amide bonds. The van der Waals surface area contributed by atoms with Crippen molar-refractivity contribution in [3.63, 3.8) is 0 Å². The maximum atomic E-state index is 10.7. The second-order valence-electron chi connectivity index (χ2n) is 2.76. The zero-order chi connectivity index (χ0) is 10.6. The Morgan fingerprint density at radius 3 is 2.71 bits per heavy atom. The Labute approximate surface area is 81.9 Å². The maximum Gasteiger partial charge on any atom is 0.232 e. The number of nitrogens with two attached hydrogens (primary N) is 1. The van der Waals surface area contributed by atoms with Crippen molar-refractivity contribution >= 4 is 6.29 Å². The Morgan fingerprint density at radius 2 is 2.21 bits per heavy atom. The molecule has 1 rings (SSSR count). The number of aldehydes is 1. The van der Waals surface area contributed by atoms with E-state index in [1.54, 1.807) is 24.3 Å². The van der Waals surface area contributed by atoms with Crippen LogP contribution in [-0.4, -0.2) is 13.4 Å². The molecule has 0 unspecified atom stereocenters. The van der Waals surface area contributed by atoms with Gasteiger partial charge in [-0.2, -0.15) is 5.26 Å². The van der Waals surface area contributed by atoms with E-state index in [0.29, 0.717) is 17.4 Å². The molecule has 0 spiro atoms. The van der Waals surface area contributed by atoms with Crippen LogP contribution >= 0.6 is 0 Å². The van der Waals surface area contributed by atoms with Crippen LogP contribution in [0.4, 0.5) is 0 Å². The number of hydrogen-bond donors (Lipinski definition) is 1. The summed E-state index contributed by atoms with van der Waals surface area (Å²) in [6, 6.07) is 8.38. The quantitative estimate of drug-likeness (QED) is 0.564. The van der Waals surface area contributed by atoms with Crippen molar-refractivity contribution < 1.29 is 9.53 Å². The summed E-state index contributed by atoms with van der Waals surface area (Å²) in [5.74, 6) is 0. The molecule has 1 aromatic rings. The van der Waals surface area contributed by atoms with E-state index in [2.05, 4.69) is 0 Å². The van der Waals surface area contributed by atoms with Gasteiger partial charge in [0.2, 0.25) is 5.72 Å². The monoisotopic (exact) mass is 190 g/mol. The summed E-state index contributed by atoms with van der Waals surface area (Å²) in [6.45, 7) is 0. The van der Waals surface area contributed by atoms with Gasteiger partial charge in [0.15, 0.2) is 6.29 Å². The van der Waals surface area contributed by atoms with Gasteiger partial charge in [0, 0.05) is 18.2 Å². The van der Waals surface area contributed by atoms with Gasteiger partial charge in [0.25, 0.3) is 0 Å². The van der Waals surface area contributed by atoms with Crippen molar-refractivity contribution in [2.75, 3.05) is 7.11 Å². The van der Waals surface area contributed by atoms with Crippen LogP contribution in [0.3, 0.4) is 0 Å². The number of rotatable bonds is 3. The van der Waals surface area contributed by atoms with Crippen LogP contribution in [-0.2, 0) is 10.5 Å². The van der Waals surface area contributed by atoms with Crippen LogP contribution in [0.1, 0.15) is 15.9 Å². The lowest BCUT2D eigenvalue weighted by molar-refractivity contribution is 0.0413. The fourth-order valence-electron chi connectivity index (χ4n) is 1.15. The second kappa shape index (κ2) is 4.01. The standard InChI is InChI=1S/C10H10N2O2/c1-14-10(12,7-11)9-5-3-2-4-8(9)6-13/h2-6H,12H2,1H3/t10-/m1/s1. The number of methoxy groups -OCH3 is 1. The summed E-state index contributed by atoms with van der Waals surface area (Å²) in [5.41, 5.74) is 4.83. The van der Waals surface area contributed by atoms with Crippen molar-refractivity contribution in [2.24, 2.45) is 5.73 Å². The molecule has 0 aliphatic carbocycles. The van der Waals surface area contributed by atoms with Crippen LogP contribution < -0.4 is 5.73 Å². The summed E-state index contributed by atoms with van der Waals surface area (Å²) in [7, 11) is 1.32. The number of benzene rings is 1. The van der Waals surface area contributed by atoms with Crippen molar-refractivity contribution in [1.82, 2.24) is 0 Å². The highest BCUT2D eigenvalue weighted by molar-refractivity contribution is 5.78. The zero-order valence-electron chi connectivity index (χ0n) is 7.73. The first-order valence-corrected chi connectivity index (χ1v) is 3.98. The summed E-state index contributed by atoms with van der Waals surface area (Å²) in [4.78, 5) is 10.7. The van der Waals surface area contributed by atoms with Gasteiger partial charge >= 0.3 is 0 Å². The Morgan fingerprint density at radius 1 is 1.57 bits per heavy atom. The van der Waals surface area contributed by atoms with E-state index < -0.39 is 5.72 Å². The molecule has 0 radical (unpaired) electrons. The highest BCUT2D eigenvalue weighted by atomic mass is 16.5. The summed E-state index contributed by atoms with van der Waals surface area (Å²) in [5, 5.41) is 8.84. The molecular formula is C10H10N2O2. The van der Waals surface area contributed by atoms with Gasteiger partial charge in [0.1, 0.15) is 6.07 Å². The third-order valence-electron chi connectivity index (χ3n) is 1.98. The molecule has 0 bridgehead atoms. The van der Waals surface area contributed by atoms with E-state index in [-0.39, 0.29) is 0 Å². The highest BCUT2D eigenvalue weighted by Crippen LogP contribution is 2.20. The SMILES string of the molecule is CO[C@](N)(C#N)c1ccccc1C=O. The molecule has 0 aliphatic rings. The fraction of sp³-hybridized carbons (Fsp3) is 0.200. The van der Waals surface area contributed by atoms with E-state index in [1.807, 2.05) is 6.07 Å². The topological polar surface area (TPSA) is 76.1 Å². The number of nitriles is 1. The molecule has 72 valence electrons. The molecule has 14 heavy (non-hydrogen) atoms. The summed E-state index contributed by atoms with van der Waals surface area (Å²) < 4.78 is 4.87. The lowest BCUT2D eigenvalue weighted by atomic mass is 9.99. The van der Waals surface area contributed by atoms with Gasteiger partial charge in [-0.05, 0) is 0 Å². The zero-order valence-corrected chi connectivity index (χ0v) is 7.73. The first kappa shape index (κ1) is 10.4. The largest absolute Gasteiger partial charge is 0.347 e. The molecule has 0 fully saturated rings. The van der Waals surface area contributed by atoms with Crippen LogP contribution in [0, 0.1) is 11.3 Å². The molecule has 1 aromatic carbocycles. The minimum Gasteiger partial charge on any atom is -0.347 e. The van der Waals surface area contributed by atoms with Crippen LogP contribution in [0.2, 0.25) is 0 Å². The fourth-order valence-corrected chi connectivity index (χ4v) is 1.15. The molecule has 4 nitrogen and oxygen atoms in total. The molecule has 0 aliphatic heterocycles. The third-order valence-corrected chi connectivity index (χ3v) is 1.98. The number of carbonyl (C=O) groups excluding carboxylic acids is 1. The lowest BCUT2D eigenvalue weighted by Crippen LogP contribution is -2.37. The highest BCUT2D eigenvalue weighted by Gasteiger charge is 2.28. The molecule has 4 heteroatoms. The number of hydrogen-bond acceptors (Lipinski definition) is 4. The summed E-state index contributed by atoms with van der Waals surface area (Å²) in [6.07, 6.45) is 0.646. The average molecular weight is 190 g/mol. The van der Waals surface area contributed by atoms with Crippen molar-refractivity contribution in [2.45, 2.75) is 5.72 Å². The van der Waals surface area contributed by atoms with Crippen LogP contribution in [0.25, 0.3) is 0 Å². The molecule has 0 heterocycles. The Hall–Kier alpha value is -1.70. The van der Waals surface area contributed by atoms with Crippen molar-refractivity contribution in [3.05, 3.63) is 35.4 Å². The first-order valence-electron chi connectivity index (χ1n) is 3.98. The van der Waals surface area contributed by atoms with Gasteiger partial charge in [-0.3, -0.25) is 10.5 Å². The molecule has 0 saturated heterocycles. The molecular weight excluding hydrogens is 180 g/mol. The van der Waals surface area contributed by atoms with E-state index in [9.17, 15) is 4.79 Å². The van der Waals surface area contributed by atoms with Gasteiger partial charge in [-0.25, -0.2) is 0 Å². The summed E-state index contributed by atoms with van der Waals surface area (Å²) >= 11 is 0. The van der Waals surface area contributed by atoms with Crippen LogP contribution in [0.15, 0.2) is 24.3 Å². The number of carbonyl (C=O) groups is 1. The maximum absolute atomic E-state index is 10.7. The van der Waals surface area contributed by atoms with E-state index >= 15 is 0 Å². The van der Waals surface area contributed by atoms with E-state index in [4.69, 9.17) is 15.7 Å². The predicted octanol–water partition coefficient (Wildman–Crippen LogP) is 0.781. The number of ether oxygens (including phenoxy) is 1. The van der Waals surface area contributed by atoms with E-state index in [1.165, 1.54) is 7.11 Å². The average Bonchev–Trinajstić information content (AvgIpc) is 2.28. The third kappa shape index (κ3) is 1.64. The minimum absolute atomic E-state index is 0.360. The van der Waals surface area contributed by atoms with Gasteiger partial charge in [0.05, 0.1) is 0 Å². The Kier molecular flexibility index (Phi) is 2.97. The van der Waals surface area contributed by atoms with E-state index in [0.717, 1.165) is 0 Å². The van der Waals surface area contributed by atoms with Gasteiger partial charge in [-0.15, -0.1) is 0 Å². The van der Waals surface area contributed by atoms with Crippen LogP contribution in [0.5, 0.6) is 0 Å². The molecule has 2 N–H and O–H groups in total. The predicted molar refractivity (Wildman–Crippen MR) is 50.3 cm³/mol. The normalized spacial score (nSPS) is 14.1. The van der Waals surface area contributed by atoms with Gasteiger partial charge < -0.3 is 4.74 Å². The van der Waals surface area contributed by atoms with Gasteiger partial charge in [-0.1, -0.05) is 24.3 Å². The lowest BCUT2D eigenvalue weighted by Gasteiger charge is -2.21.